The molecule has 1 atom stereocenters. The van der Waals surface area contributed by atoms with Crippen molar-refractivity contribution in [3.63, 3.8) is 0 Å². The van der Waals surface area contributed by atoms with Gasteiger partial charge in [0, 0.05) is 22.3 Å². The topological polar surface area (TPSA) is 75.3 Å². The van der Waals surface area contributed by atoms with Crippen LogP contribution in [0.2, 0.25) is 0 Å². The molecule has 0 saturated carbocycles. The second-order valence-corrected chi connectivity index (χ2v) is 8.79. The van der Waals surface area contributed by atoms with Crippen molar-refractivity contribution in [1.82, 2.24) is 0 Å². The van der Waals surface area contributed by atoms with E-state index in [2.05, 4.69) is 10.0 Å². The van der Waals surface area contributed by atoms with Crippen molar-refractivity contribution in [1.29, 1.82) is 0 Å². The predicted octanol–water partition coefficient (Wildman–Crippen LogP) is 4.19. The molecule has 0 spiro atoms. The van der Waals surface area contributed by atoms with Crippen LogP contribution < -0.4 is 10.0 Å². The monoisotopic (exact) mass is 416 g/mol. The smallest absolute Gasteiger partial charge is 0.325 e. The Hall–Kier alpha value is -2.20. The fourth-order valence-electron chi connectivity index (χ4n) is 2.42. The summed E-state index contributed by atoms with van der Waals surface area (Å²) in [6, 6.07) is 8.15. The summed E-state index contributed by atoms with van der Waals surface area (Å²) in [5.74, 6) is 0.111. The number of alkyl halides is 3. The van der Waals surface area contributed by atoms with Crippen LogP contribution in [0.25, 0.3) is 0 Å². The maximum absolute atomic E-state index is 12.8. The van der Waals surface area contributed by atoms with Gasteiger partial charge < -0.3 is 5.32 Å². The van der Waals surface area contributed by atoms with E-state index < -0.39 is 21.8 Å². The zero-order valence-corrected chi connectivity index (χ0v) is 15.6. The van der Waals surface area contributed by atoms with Crippen molar-refractivity contribution < 1.29 is 26.4 Å². The average molecular weight is 416 g/mol. The van der Waals surface area contributed by atoms with Crippen LogP contribution in [-0.2, 0) is 21.0 Å². The molecule has 0 aliphatic carbocycles. The van der Waals surface area contributed by atoms with Crippen LogP contribution in [0.3, 0.4) is 0 Å². The van der Waals surface area contributed by atoms with Crippen molar-refractivity contribution >= 4 is 39.1 Å². The van der Waals surface area contributed by atoms with E-state index in [-0.39, 0.29) is 22.4 Å². The van der Waals surface area contributed by atoms with Crippen molar-refractivity contribution in [3.05, 3.63) is 48.0 Å². The Morgan fingerprint density at radius 3 is 2.63 bits per heavy atom. The number of hydrogen-bond donors (Lipinski definition) is 2. The second kappa shape index (κ2) is 7.08. The van der Waals surface area contributed by atoms with Gasteiger partial charge >= 0.3 is 6.18 Å². The lowest BCUT2D eigenvalue weighted by molar-refractivity contribution is -0.137. The molecular weight excluding hydrogens is 401 g/mol. The van der Waals surface area contributed by atoms with Gasteiger partial charge in [0.1, 0.15) is 0 Å². The molecule has 1 aliphatic heterocycles. The molecule has 3 rings (SSSR count). The van der Waals surface area contributed by atoms with Gasteiger partial charge in [0.05, 0.1) is 16.1 Å². The summed E-state index contributed by atoms with van der Waals surface area (Å²) in [4.78, 5) is 12.5. The number of sulfonamides is 1. The molecule has 27 heavy (non-hydrogen) atoms. The number of amides is 1. The van der Waals surface area contributed by atoms with Crippen LogP contribution in [0.5, 0.6) is 0 Å². The van der Waals surface area contributed by atoms with E-state index in [0.29, 0.717) is 11.4 Å². The Morgan fingerprint density at radius 1 is 1.19 bits per heavy atom. The first-order chi connectivity index (χ1) is 12.6. The van der Waals surface area contributed by atoms with Crippen LogP contribution in [0, 0.1) is 5.92 Å². The van der Waals surface area contributed by atoms with Crippen LogP contribution in [0.1, 0.15) is 12.5 Å². The molecule has 0 aromatic heterocycles. The Bertz CT molecular complexity index is 991. The van der Waals surface area contributed by atoms with Crippen LogP contribution in [0.15, 0.2) is 52.3 Å². The summed E-state index contributed by atoms with van der Waals surface area (Å²) >= 11 is 1.43. The van der Waals surface area contributed by atoms with Gasteiger partial charge in [0.25, 0.3) is 10.0 Å². The van der Waals surface area contributed by atoms with Crippen LogP contribution >= 0.6 is 11.8 Å². The molecule has 2 N–H and O–H groups in total. The molecule has 1 aliphatic rings. The molecule has 0 radical (unpaired) electrons. The Kier molecular flexibility index (Phi) is 5.13. The lowest BCUT2D eigenvalue weighted by atomic mass is 10.2. The third kappa shape index (κ3) is 4.38. The summed E-state index contributed by atoms with van der Waals surface area (Å²) in [5, 5.41) is 2.68. The van der Waals surface area contributed by atoms with Crippen molar-refractivity contribution in [3.8, 4) is 0 Å². The van der Waals surface area contributed by atoms with E-state index >= 15 is 0 Å². The van der Waals surface area contributed by atoms with Gasteiger partial charge in [-0.15, -0.1) is 11.8 Å². The largest absolute Gasteiger partial charge is 0.416 e. The standard InChI is InChI=1S/C17H15F3N2O3S2/c1-10-9-26-15-6-5-13(8-14(15)21-16(10)23)27(24,25)22-12-4-2-3-11(7-12)17(18,19)20/h2-8,10,22H,9H2,1H3,(H,21,23)/t10-/m1/s1. The molecule has 0 unspecified atom stereocenters. The molecule has 0 fully saturated rings. The molecule has 10 heteroatoms. The summed E-state index contributed by atoms with van der Waals surface area (Å²) in [6.07, 6.45) is -4.58. The minimum absolute atomic E-state index is 0.158. The van der Waals surface area contributed by atoms with Crippen LogP contribution in [0.4, 0.5) is 24.5 Å². The number of anilines is 2. The highest BCUT2D eigenvalue weighted by molar-refractivity contribution is 7.99. The van der Waals surface area contributed by atoms with Crippen molar-refractivity contribution in [2.75, 3.05) is 15.8 Å². The number of thioether (sulfide) groups is 1. The number of fused-ring (bicyclic) bond motifs is 1. The predicted molar refractivity (Wildman–Crippen MR) is 97.2 cm³/mol. The highest BCUT2D eigenvalue weighted by Crippen LogP contribution is 2.35. The van der Waals surface area contributed by atoms with Gasteiger partial charge in [-0.2, -0.15) is 13.2 Å². The average Bonchev–Trinajstić information content (AvgIpc) is 2.72. The third-order valence-electron chi connectivity index (χ3n) is 3.90. The summed E-state index contributed by atoms with van der Waals surface area (Å²) in [7, 11) is -4.13. The Morgan fingerprint density at radius 2 is 1.93 bits per heavy atom. The fourth-order valence-corrected chi connectivity index (χ4v) is 4.51. The van der Waals surface area contributed by atoms with Gasteiger partial charge in [-0.1, -0.05) is 13.0 Å². The molecule has 144 valence electrons. The SMILES string of the molecule is C[C@@H]1CSc2ccc(S(=O)(=O)Nc3cccc(C(F)(F)F)c3)cc2NC1=O. The maximum Gasteiger partial charge on any atom is 0.416 e. The summed E-state index contributed by atoms with van der Waals surface area (Å²) < 4.78 is 65.7. The molecule has 1 heterocycles. The van der Waals surface area contributed by atoms with E-state index in [1.807, 2.05) is 0 Å². The van der Waals surface area contributed by atoms with E-state index in [0.717, 1.165) is 23.1 Å². The Labute approximate surface area is 158 Å². The van der Waals surface area contributed by atoms with Crippen molar-refractivity contribution in [2.24, 2.45) is 5.92 Å². The first-order valence-electron chi connectivity index (χ1n) is 7.84. The minimum atomic E-state index is -4.58. The van der Waals surface area contributed by atoms with E-state index in [1.54, 1.807) is 13.0 Å². The molecule has 0 bridgehead atoms. The van der Waals surface area contributed by atoms with Gasteiger partial charge in [-0.25, -0.2) is 8.42 Å². The van der Waals surface area contributed by atoms with Gasteiger partial charge in [0.2, 0.25) is 5.91 Å². The highest BCUT2D eigenvalue weighted by atomic mass is 32.2. The maximum atomic E-state index is 12.8. The van der Waals surface area contributed by atoms with E-state index in [4.69, 9.17) is 0 Å². The lowest BCUT2D eigenvalue weighted by Gasteiger charge is -2.13. The lowest BCUT2D eigenvalue weighted by Crippen LogP contribution is -2.20. The zero-order chi connectivity index (χ0) is 19.8. The van der Waals surface area contributed by atoms with Crippen molar-refractivity contribution in [2.45, 2.75) is 22.9 Å². The highest BCUT2D eigenvalue weighted by Gasteiger charge is 2.31. The second-order valence-electron chi connectivity index (χ2n) is 6.04. The van der Waals surface area contributed by atoms with E-state index in [9.17, 15) is 26.4 Å². The summed E-state index contributed by atoms with van der Waals surface area (Å²) in [6.45, 7) is 1.76. The normalized spacial score (nSPS) is 17.6. The fraction of sp³-hybridized carbons (Fsp3) is 0.235. The number of halogens is 3. The molecule has 5 nitrogen and oxygen atoms in total. The number of rotatable bonds is 3. The van der Waals surface area contributed by atoms with E-state index in [1.165, 1.54) is 30.0 Å². The van der Waals surface area contributed by atoms with Gasteiger partial charge in [-0.3, -0.25) is 9.52 Å². The summed E-state index contributed by atoms with van der Waals surface area (Å²) in [5.41, 5.74) is -0.796. The molecular formula is C17H15F3N2O3S2. The molecule has 0 saturated heterocycles. The molecule has 2 aromatic carbocycles. The number of carbonyl (C=O) groups excluding carboxylic acids is 1. The number of benzene rings is 2. The third-order valence-corrected chi connectivity index (χ3v) is 6.61. The zero-order valence-electron chi connectivity index (χ0n) is 14.0. The quantitative estimate of drug-likeness (QED) is 0.787. The molecule has 1 amide bonds. The first kappa shape index (κ1) is 19.6. The first-order valence-corrected chi connectivity index (χ1v) is 10.3. The van der Waals surface area contributed by atoms with Gasteiger partial charge in [0.15, 0.2) is 0 Å². The van der Waals surface area contributed by atoms with Crippen LogP contribution in [-0.4, -0.2) is 20.1 Å². The molecule has 2 aromatic rings. The minimum Gasteiger partial charge on any atom is -0.325 e. The Balaban J connectivity index is 1.90. The number of nitrogens with one attached hydrogen (secondary N) is 2. The number of hydrogen-bond acceptors (Lipinski definition) is 4. The number of carbonyl (C=O) groups is 1. The van der Waals surface area contributed by atoms with Gasteiger partial charge in [-0.05, 0) is 36.4 Å².